The first-order chi connectivity index (χ1) is 18.8. The van der Waals surface area contributed by atoms with Crippen molar-refractivity contribution >= 4 is 34.7 Å². The largest absolute Gasteiger partial charge is 0.464 e. The summed E-state index contributed by atoms with van der Waals surface area (Å²) in [5.41, 5.74) is 4.45. The number of fused-ring (bicyclic) bond motifs is 1. The zero-order chi connectivity index (χ0) is 27.7. The molecule has 8 heteroatoms. The maximum atomic E-state index is 13.8. The lowest BCUT2D eigenvalue weighted by Gasteiger charge is -2.23. The number of benzene rings is 2. The van der Waals surface area contributed by atoms with Crippen molar-refractivity contribution in [3.63, 3.8) is 0 Å². The SMILES string of the molecule is CCN(CC)c1ccc(C=c2sc3n(c2=O)C(c2ccc(C)o2)C(C(=O)Nc2ccccc2C)=C(C)N=3)cc1. The molecule has 1 unspecified atom stereocenters. The van der Waals surface area contributed by atoms with Crippen molar-refractivity contribution in [3.05, 3.63) is 114 Å². The zero-order valence-electron chi connectivity index (χ0n) is 22.8. The van der Waals surface area contributed by atoms with Gasteiger partial charge in [-0.2, -0.15) is 0 Å². The molecule has 1 amide bonds. The minimum Gasteiger partial charge on any atom is -0.464 e. The molecule has 0 saturated carbocycles. The van der Waals surface area contributed by atoms with E-state index in [4.69, 9.17) is 9.41 Å². The molecule has 3 heterocycles. The molecule has 1 aliphatic rings. The number of aromatic nitrogens is 1. The fourth-order valence-corrected chi connectivity index (χ4v) is 5.95. The second-order valence-electron chi connectivity index (χ2n) is 9.56. The second-order valence-corrected chi connectivity index (χ2v) is 10.6. The lowest BCUT2D eigenvalue weighted by Crippen LogP contribution is -2.40. The molecule has 5 rings (SSSR count). The highest BCUT2D eigenvalue weighted by molar-refractivity contribution is 7.07. The van der Waals surface area contributed by atoms with E-state index in [-0.39, 0.29) is 11.5 Å². The van der Waals surface area contributed by atoms with Crippen molar-refractivity contribution in [1.82, 2.24) is 4.57 Å². The summed E-state index contributed by atoms with van der Waals surface area (Å²) in [7, 11) is 0. The first kappa shape index (κ1) is 26.4. The van der Waals surface area contributed by atoms with E-state index in [0.29, 0.717) is 37.8 Å². The van der Waals surface area contributed by atoms with Crippen molar-refractivity contribution < 1.29 is 9.21 Å². The number of amides is 1. The summed E-state index contributed by atoms with van der Waals surface area (Å²) >= 11 is 1.32. The van der Waals surface area contributed by atoms with Gasteiger partial charge in [-0.05, 0) is 82.2 Å². The topological polar surface area (TPSA) is 79.8 Å². The number of rotatable bonds is 7. The lowest BCUT2D eigenvalue weighted by atomic mass is 10.00. The van der Waals surface area contributed by atoms with Gasteiger partial charge in [0, 0.05) is 24.5 Å². The Bertz CT molecular complexity index is 1740. The predicted octanol–water partition coefficient (Wildman–Crippen LogP) is 4.93. The van der Waals surface area contributed by atoms with E-state index in [1.807, 2.05) is 68.5 Å². The number of anilines is 2. The van der Waals surface area contributed by atoms with Gasteiger partial charge < -0.3 is 14.6 Å². The normalized spacial score (nSPS) is 15.2. The highest BCUT2D eigenvalue weighted by atomic mass is 32.1. The van der Waals surface area contributed by atoms with Gasteiger partial charge in [-0.15, -0.1) is 0 Å². The van der Waals surface area contributed by atoms with Gasteiger partial charge in [0.1, 0.15) is 17.6 Å². The summed E-state index contributed by atoms with van der Waals surface area (Å²) in [4.78, 5) is 35.0. The molecule has 0 saturated heterocycles. The van der Waals surface area contributed by atoms with Crippen LogP contribution in [-0.4, -0.2) is 23.6 Å². The van der Waals surface area contributed by atoms with Gasteiger partial charge in [0.25, 0.3) is 11.5 Å². The third-order valence-electron chi connectivity index (χ3n) is 7.01. The number of thiazole rings is 1. The van der Waals surface area contributed by atoms with E-state index in [2.05, 4.69) is 36.2 Å². The highest BCUT2D eigenvalue weighted by Crippen LogP contribution is 2.32. The molecule has 2 aromatic heterocycles. The molecular weight excluding hydrogens is 508 g/mol. The average molecular weight is 541 g/mol. The van der Waals surface area contributed by atoms with Crippen molar-refractivity contribution in [2.45, 2.75) is 40.7 Å². The maximum Gasteiger partial charge on any atom is 0.271 e. The van der Waals surface area contributed by atoms with Crippen LogP contribution in [0, 0.1) is 13.8 Å². The standard InChI is InChI=1S/C31H32N4O3S/c1-6-34(7-2)23-15-13-22(14-16-23)18-26-30(37)35-28(25-17-12-20(4)38-25)27(21(5)32-31(35)39-26)29(36)33-24-11-9-8-10-19(24)3/h8-18,28H,6-7H2,1-5H3,(H,33,36). The van der Waals surface area contributed by atoms with Crippen LogP contribution in [0.15, 0.2) is 86.1 Å². The monoisotopic (exact) mass is 540 g/mol. The molecular formula is C31H32N4O3S. The lowest BCUT2D eigenvalue weighted by molar-refractivity contribution is -0.113. The zero-order valence-corrected chi connectivity index (χ0v) is 23.6. The van der Waals surface area contributed by atoms with Crippen LogP contribution in [0.5, 0.6) is 0 Å². The summed E-state index contributed by atoms with van der Waals surface area (Å²) in [6.07, 6.45) is 1.88. The fourth-order valence-electron chi connectivity index (χ4n) is 4.91. The number of allylic oxidation sites excluding steroid dienone is 1. The van der Waals surface area contributed by atoms with Gasteiger partial charge in [-0.1, -0.05) is 41.7 Å². The number of para-hydroxylation sites is 1. The first-order valence-corrected chi connectivity index (χ1v) is 13.9. The van der Waals surface area contributed by atoms with E-state index in [1.54, 1.807) is 11.5 Å². The van der Waals surface area contributed by atoms with Crippen LogP contribution >= 0.6 is 11.3 Å². The molecule has 0 spiro atoms. The summed E-state index contributed by atoms with van der Waals surface area (Å²) in [6, 6.07) is 18.7. The van der Waals surface area contributed by atoms with E-state index < -0.39 is 6.04 Å². The van der Waals surface area contributed by atoms with E-state index >= 15 is 0 Å². The first-order valence-electron chi connectivity index (χ1n) is 13.1. The minimum absolute atomic E-state index is 0.209. The maximum absolute atomic E-state index is 13.8. The number of hydrogen-bond donors (Lipinski definition) is 1. The Hall–Kier alpha value is -4.17. The highest BCUT2D eigenvalue weighted by Gasteiger charge is 2.34. The fraction of sp³-hybridized carbons (Fsp3) is 0.258. The van der Waals surface area contributed by atoms with Crippen molar-refractivity contribution in [2.24, 2.45) is 4.99 Å². The number of nitrogens with zero attached hydrogens (tertiary/aromatic N) is 3. The quantitative estimate of drug-likeness (QED) is 0.361. The Morgan fingerprint density at radius 2 is 1.77 bits per heavy atom. The van der Waals surface area contributed by atoms with Crippen LogP contribution in [-0.2, 0) is 4.79 Å². The molecule has 1 N–H and O–H groups in total. The molecule has 1 aliphatic heterocycles. The van der Waals surface area contributed by atoms with E-state index in [1.165, 1.54) is 11.3 Å². The van der Waals surface area contributed by atoms with E-state index in [0.717, 1.165) is 29.9 Å². The molecule has 4 aromatic rings. The van der Waals surface area contributed by atoms with Gasteiger partial charge in [-0.25, -0.2) is 4.99 Å². The van der Waals surface area contributed by atoms with Crippen LogP contribution in [0.25, 0.3) is 6.08 Å². The van der Waals surface area contributed by atoms with Crippen LogP contribution in [0.2, 0.25) is 0 Å². The van der Waals surface area contributed by atoms with Crippen molar-refractivity contribution in [3.8, 4) is 0 Å². The number of furan rings is 1. The molecule has 7 nitrogen and oxygen atoms in total. The number of aryl methyl sites for hydroxylation is 2. The molecule has 200 valence electrons. The second kappa shape index (κ2) is 10.9. The Morgan fingerprint density at radius 3 is 2.41 bits per heavy atom. The van der Waals surface area contributed by atoms with Crippen molar-refractivity contribution in [2.75, 3.05) is 23.3 Å². The van der Waals surface area contributed by atoms with Crippen molar-refractivity contribution in [1.29, 1.82) is 0 Å². The summed E-state index contributed by atoms with van der Waals surface area (Å²) < 4.78 is 8.13. The van der Waals surface area contributed by atoms with Crippen LogP contribution in [0.3, 0.4) is 0 Å². The molecule has 1 atom stereocenters. The Morgan fingerprint density at radius 1 is 1.05 bits per heavy atom. The van der Waals surface area contributed by atoms with E-state index in [9.17, 15) is 9.59 Å². The van der Waals surface area contributed by atoms with Gasteiger partial charge in [0.05, 0.1) is 15.8 Å². The summed E-state index contributed by atoms with van der Waals surface area (Å²) in [5, 5.41) is 3.02. The predicted molar refractivity (Wildman–Crippen MR) is 157 cm³/mol. The number of hydrogen-bond acceptors (Lipinski definition) is 6. The molecule has 39 heavy (non-hydrogen) atoms. The Kier molecular flexibility index (Phi) is 7.39. The molecule has 0 radical (unpaired) electrons. The summed E-state index contributed by atoms with van der Waals surface area (Å²) in [5.74, 6) is 0.910. The van der Waals surface area contributed by atoms with Crippen LogP contribution < -0.4 is 25.1 Å². The molecule has 2 aromatic carbocycles. The third-order valence-corrected chi connectivity index (χ3v) is 7.99. The average Bonchev–Trinajstić information content (AvgIpc) is 3.48. The molecule has 0 aliphatic carbocycles. The van der Waals surface area contributed by atoms with Gasteiger partial charge >= 0.3 is 0 Å². The minimum atomic E-state index is -0.730. The van der Waals surface area contributed by atoms with Crippen LogP contribution in [0.1, 0.15) is 49.5 Å². The Balaban J connectivity index is 1.59. The third kappa shape index (κ3) is 5.12. The molecule has 0 fully saturated rings. The molecule has 0 bridgehead atoms. The van der Waals surface area contributed by atoms with Gasteiger partial charge in [0.2, 0.25) is 0 Å². The Labute approximate surface area is 231 Å². The number of nitrogens with one attached hydrogen (secondary N) is 1. The number of carbonyl (C=O) groups is 1. The van der Waals surface area contributed by atoms with Crippen LogP contribution in [0.4, 0.5) is 11.4 Å². The van der Waals surface area contributed by atoms with Gasteiger partial charge in [0.15, 0.2) is 4.80 Å². The summed E-state index contributed by atoms with van der Waals surface area (Å²) in [6.45, 7) is 11.7. The smallest absolute Gasteiger partial charge is 0.271 e. The number of carbonyl (C=O) groups excluding carboxylic acids is 1. The van der Waals surface area contributed by atoms with Gasteiger partial charge in [-0.3, -0.25) is 14.2 Å².